The first-order valence-electron chi connectivity index (χ1n) is 13.5. The second-order valence-corrected chi connectivity index (χ2v) is 9.75. The van der Waals surface area contributed by atoms with Gasteiger partial charge in [-0.3, -0.25) is 0 Å². The largest absolute Gasteiger partial charge is 0.491 e. The van der Waals surface area contributed by atoms with Gasteiger partial charge in [0.1, 0.15) is 18.5 Å². The minimum atomic E-state index is 0.230. The van der Waals surface area contributed by atoms with E-state index in [1.807, 2.05) is 59.8 Å². The van der Waals surface area contributed by atoms with Crippen LogP contribution in [0.2, 0.25) is 0 Å². The molecule has 1 atom stereocenters. The lowest BCUT2D eigenvalue weighted by atomic mass is 10.1. The van der Waals surface area contributed by atoms with Crippen molar-refractivity contribution in [3.63, 3.8) is 0 Å². The minimum Gasteiger partial charge on any atom is -0.491 e. The molecule has 1 aliphatic heterocycles. The molecule has 1 heterocycles. The van der Waals surface area contributed by atoms with E-state index >= 15 is 0 Å². The maximum Gasteiger partial charge on any atom is 0.119 e. The highest BCUT2D eigenvalue weighted by atomic mass is 16.6. The molecule has 0 radical (unpaired) electrons. The van der Waals surface area contributed by atoms with Crippen LogP contribution in [0, 0.1) is 6.92 Å². The highest BCUT2D eigenvalue weighted by Gasteiger charge is 2.23. The number of rotatable bonds is 10. The van der Waals surface area contributed by atoms with Crippen LogP contribution in [0.5, 0.6) is 5.75 Å². The first kappa shape index (κ1) is 25.4. The van der Waals surface area contributed by atoms with Gasteiger partial charge >= 0.3 is 0 Å². The Morgan fingerprint density at radius 1 is 0.675 bits per heavy atom. The molecule has 1 aliphatic rings. The molecule has 1 unspecified atom stereocenters. The van der Waals surface area contributed by atoms with Gasteiger partial charge < -0.3 is 14.4 Å². The average molecular weight is 526 g/mol. The first-order chi connectivity index (χ1) is 19.7. The molecule has 0 amide bonds. The Kier molecular flexibility index (Phi) is 7.55. The molecule has 5 aromatic carbocycles. The third kappa shape index (κ3) is 6.22. The van der Waals surface area contributed by atoms with Crippen molar-refractivity contribution in [1.29, 1.82) is 0 Å². The zero-order valence-corrected chi connectivity index (χ0v) is 22.4. The van der Waals surface area contributed by atoms with Gasteiger partial charge in [0.2, 0.25) is 0 Å². The molecule has 0 spiro atoms. The molecule has 0 aliphatic carbocycles. The van der Waals surface area contributed by atoms with Crippen LogP contribution in [-0.4, -0.2) is 25.5 Å². The molecular formula is C35H31N3O2. The number of hydrogen-bond acceptors (Lipinski definition) is 5. The van der Waals surface area contributed by atoms with Gasteiger partial charge in [-0.05, 0) is 85.3 Å². The summed E-state index contributed by atoms with van der Waals surface area (Å²) < 4.78 is 11.1. The molecule has 5 heteroatoms. The molecule has 6 rings (SSSR count). The summed E-state index contributed by atoms with van der Waals surface area (Å²) in [5.74, 6) is 0.823. The zero-order chi connectivity index (χ0) is 27.1. The van der Waals surface area contributed by atoms with E-state index in [2.05, 4.69) is 96.8 Å². The quantitative estimate of drug-likeness (QED) is 0.104. The van der Waals surface area contributed by atoms with Crippen LogP contribution in [0.1, 0.15) is 11.1 Å². The highest BCUT2D eigenvalue weighted by molar-refractivity contribution is 5.84. The maximum absolute atomic E-state index is 5.81. The van der Waals surface area contributed by atoms with E-state index in [0.717, 1.165) is 46.4 Å². The molecule has 0 aromatic heterocycles. The minimum absolute atomic E-state index is 0.230. The number of anilines is 5. The first-order valence-corrected chi connectivity index (χ1v) is 13.5. The Hall–Kier alpha value is -4.87. The Morgan fingerprint density at radius 3 is 1.77 bits per heavy atom. The number of benzene rings is 5. The zero-order valence-electron chi connectivity index (χ0n) is 22.4. The summed E-state index contributed by atoms with van der Waals surface area (Å²) in [5.41, 5.74) is 7.48. The number of para-hydroxylation sites is 2. The smallest absolute Gasteiger partial charge is 0.119 e. The molecule has 0 saturated carbocycles. The van der Waals surface area contributed by atoms with Crippen molar-refractivity contribution < 1.29 is 9.47 Å². The molecule has 0 bridgehead atoms. The number of ether oxygens (including phenoxy) is 2. The van der Waals surface area contributed by atoms with Gasteiger partial charge in [-0.2, -0.15) is 5.10 Å². The fourth-order valence-corrected chi connectivity index (χ4v) is 4.44. The number of hydrogen-bond donors (Lipinski definition) is 0. The normalized spacial score (nSPS) is 14.2. The van der Waals surface area contributed by atoms with Crippen molar-refractivity contribution in [1.82, 2.24) is 0 Å². The van der Waals surface area contributed by atoms with E-state index < -0.39 is 0 Å². The summed E-state index contributed by atoms with van der Waals surface area (Å²) in [5, 5.41) is 6.82. The van der Waals surface area contributed by atoms with Crippen LogP contribution in [0.15, 0.2) is 139 Å². The van der Waals surface area contributed by atoms with Crippen LogP contribution >= 0.6 is 0 Å². The van der Waals surface area contributed by atoms with Crippen LogP contribution in [-0.2, 0) is 4.74 Å². The summed E-state index contributed by atoms with van der Waals surface area (Å²) in [4.78, 5) is 2.26. The van der Waals surface area contributed by atoms with E-state index in [-0.39, 0.29) is 6.10 Å². The predicted octanol–water partition coefficient (Wildman–Crippen LogP) is 8.41. The molecule has 40 heavy (non-hydrogen) atoms. The summed E-state index contributed by atoms with van der Waals surface area (Å²) in [6.45, 7) is 3.48. The van der Waals surface area contributed by atoms with Crippen molar-refractivity contribution in [2.24, 2.45) is 5.10 Å². The van der Waals surface area contributed by atoms with Crippen LogP contribution in [0.3, 0.4) is 0 Å². The fraction of sp³-hybridized carbons (Fsp3) is 0.114. The second-order valence-electron chi connectivity index (χ2n) is 9.75. The Bertz CT molecular complexity index is 1530. The molecule has 1 saturated heterocycles. The topological polar surface area (TPSA) is 40.6 Å². The summed E-state index contributed by atoms with van der Waals surface area (Å²) in [7, 11) is 0. The lowest BCUT2D eigenvalue weighted by Crippen LogP contribution is -2.10. The van der Waals surface area contributed by atoms with Crippen LogP contribution in [0.25, 0.3) is 0 Å². The van der Waals surface area contributed by atoms with Crippen molar-refractivity contribution in [3.8, 4) is 5.75 Å². The van der Waals surface area contributed by atoms with Gasteiger partial charge in [-0.25, -0.2) is 5.01 Å². The lowest BCUT2D eigenvalue weighted by molar-refractivity contribution is 0.263. The standard InChI is InChI=1S/C35H31N3O2/c1-27-12-16-30(17-13-27)37(29-8-4-2-5-9-29)31-18-14-28(15-19-31)24-36-38(32-10-6-3-7-11-32)33-20-22-34(23-21-33)39-25-35-26-40-35/h2-24,35H,25-26H2,1H3. The van der Waals surface area contributed by atoms with E-state index in [9.17, 15) is 0 Å². The van der Waals surface area contributed by atoms with Crippen molar-refractivity contribution in [3.05, 3.63) is 145 Å². The summed E-state index contributed by atoms with van der Waals surface area (Å²) in [6.07, 6.45) is 2.12. The van der Waals surface area contributed by atoms with E-state index in [1.165, 1.54) is 5.56 Å². The third-order valence-corrected chi connectivity index (χ3v) is 6.70. The van der Waals surface area contributed by atoms with E-state index in [4.69, 9.17) is 14.6 Å². The van der Waals surface area contributed by atoms with Crippen LogP contribution < -0.4 is 14.6 Å². The Labute approximate surface area is 235 Å². The third-order valence-electron chi connectivity index (χ3n) is 6.70. The van der Waals surface area contributed by atoms with Gasteiger partial charge in [-0.15, -0.1) is 0 Å². The predicted molar refractivity (Wildman–Crippen MR) is 164 cm³/mol. The number of nitrogens with zero attached hydrogens (tertiary/aromatic N) is 3. The van der Waals surface area contributed by atoms with Gasteiger partial charge in [0, 0.05) is 17.1 Å². The second kappa shape index (κ2) is 11.9. The van der Waals surface area contributed by atoms with Crippen molar-refractivity contribution in [2.45, 2.75) is 13.0 Å². The van der Waals surface area contributed by atoms with Gasteiger partial charge in [0.05, 0.1) is 24.2 Å². The molecule has 1 fully saturated rings. The fourth-order valence-electron chi connectivity index (χ4n) is 4.44. The molecule has 0 N–H and O–H groups in total. The monoisotopic (exact) mass is 525 g/mol. The molecule has 5 aromatic rings. The number of aryl methyl sites for hydroxylation is 1. The van der Waals surface area contributed by atoms with Gasteiger partial charge in [-0.1, -0.05) is 66.2 Å². The summed E-state index contributed by atoms with van der Waals surface area (Å²) in [6, 6.07) is 45.6. The van der Waals surface area contributed by atoms with E-state index in [0.29, 0.717) is 6.61 Å². The van der Waals surface area contributed by atoms with Crippen LogP contribution in [0.4, 0.5) is 28.4 Å². The highest BCUT2D eigenvalue weighted by Crippen LogP contribution is 2.34. The van der Waals surface area contributed by atoms with E-state index in [1.54, 1.807) is 0 Å². The average Bonchev–Trinajstić information content (AvgIpc) is 3.85. The summed E-state index contributed by atoms with van der Waals surface area (Å²) >= 11 is 0. The number of epoxide rings is 1. The van der Waals surface area contributed by atoms with Gasteiger partial charge in [0.15, 0.2) is 0 Å². The Balaban J connectivity index is 1.25. The SMILES string of the molecule is Cc1ccc(N(c2ccccc2)c2ccc(C=NN(c3ccccc3)c3ccc(OCC4CO4)cc3)cc2)cc1. The lowest BCUT2D eigenvalue weighted by Gasteiger charge is -2.25. The van der Waals surface area contributed by atoms with Gasteiger partial charge in [0.25, 0.3) is 0 Å². The Morgan fingerprint density at radius 2 is 1.18 bits per heavy atom. The molecular weight excluding hydrogens is 494 g/mol. The molecule has 5 nitrogen and oxygen atoms in total. The maximum atomic E-state index is 5.81. The number of hydrazone groups is 1. The van der Waals surface area contributed by atoms with Crippen molar-refractivity contribution >= 4 is 34.7 Å². The molecule has 198 valence electrons. The van der Waals surface area contributed by atoms with Crippen molar-refractivity contribution in [2.75, 3.05) is 23.1 Å².